The molecule has 3 rings (SSSR count). The van der Waals surface area contributed by atoms with Gasteiger partial charge in [-0.25, -0.2) is 0 Å². The quantitative estimate of drug-likeness (QED) is 0.736. The molecule has 0 bridgehead atoms. The Morgan fingerprint density at radius 1 is 1.19 bits per heavy atom. The van der Waals surface area contributed by atoms with Gasteiger partial charge in [-0.05, 0) is 24.1 Å². The van der Waals surface area contributed by atoms with Crippen LogP contribution in [0.15, 0.2) is 36.5 Å². The van der Waals surface area contributed by atoms with Crippen LogP contribution in [-0.2, 0) is 11.2 Å². The first kappa shape index (κ1) is 18.1. The molecule has 1 aliphatic rings. The van der Waals surface area contributed by atoms with Crippen LogP contribution in [0.2, 0.25) is 0 Å². The largest absolute Gasteiger partial charge is 0.378 e. The van der Waals surface area contributed by atoms with Crippen LogP contribution in [0.3, 0.4) is 0 Å². The highest BCUT2D eigenvalue weighted by molar-refractivity contribution is 5.94. The SMILES string of the molecule is CCc1ccc(C(=O)NCCNc2cc(N3CCOCC3)cnn2)cc1. The third kappa shape index (κ3) is 4.92. The van der Waals surface area contributed by atoms with Crippen molar-refractivity contribution in [1.29, 1.82) is 0 Å². The molecule has 0 radical (unpaired) electrons. The highest BCUT2D eigenvalue weighted by Gasteiger charge is 2.12. The molecule has 7 nitrogen and oxygen atoms in total. The molecule has 26 heavy (non-hydrogen) atoms. The Bertz CT molecular complexity index is 714. The standard InChI is InChI=1S/C19H25N5O2/c1-2-15-3-5-16(6-4-15)19(25)21-8-7-20-18-13-17(14-22-23-18)24-9-11-26-12-10-24/h3-6,13-14H,2,7-12H2,1H3,(H,20,23)(H,21,25). The summed E-state index contributed by atoms with van der Waals surface area (Å²) >= 11 is 0. The van der Waals surface area contributed by atoms with Gasteiger partial charge in [0.25, 0.3) is 5.91 Å². The van der Waals surface area contributed by atoms with Crippen molar-refractivity contribution in [3.8, 4) is 0 Å². The van der Waals surface area contributed by atoms with Crippen molar-refractivity contribution >= 4 is 17.4 Å². The van der Waals surface area contributed by atoms with E-state index < -0.39 is 0 Å². The van der Waals surface area contributed by atoms with Crippen molar-refractivity contribution in [2.45, 2.75) is 13.3 Å². The number of hydrogen-bond acceptors (Lipinski definition) is 6. The van der Waals surface area contributed by atoms with Crippen molar-refractivity contribution in [1.82, 2.24) is 15.5 Å². The molecule has 0 aliphatic carbocycles. The van der Waals surface area contributed by atoms with Crippen LogP contribution in [0.25, 0.3) is 0 Å². The zero-order valence-corrected chi connectivity index (χ0v) is 15.1. The molecular formula is C19H25N5O2. The van der Waals surface area contributed by atoms with Gasteiger partial charge >= 0.3 is 0 Å². The molecule has 1 aromatic heterocycles. The molecule has 2 heterocycles. The lowest BCUT2D eigenvalue weighted by atomic mass is 10.1. The van der Waals surface area contributed by atoms with Crippen molar-refractivity contribution in [2.24, 2.45) is 0 Å². The lowest BCUT2D eigenvalue weighted by Gasteiger charge is -2.28. The van der Waals surface area contributed by atoms with Gasteiger partial charge in [0.15, 0.2) is 5.82 Å². The Labute approximate surface area is 153 Å². The summed E-state index contributed by atoms with van der Waals surface area (Å²) < 4.78 is 5.37. The molecule has 138 valence electrons. The van der Waals surface area contributed by atoms with Crippen LogP contribution in [0, 0.1) is 0 Å². The highest BCUT2D eigenvalue weighted by Crippen LogP contribution is 2.16. The first-order valence-corrected chi connectivity index (χ1v) is 9.02. The minimum absolute atomic E-state index is 0.0670. The normalized spacial score (nSPS) is 14.1. The molecule has 0 unspecified atom stereocenters. The second kappa shape index (κ2) is 9.15. The van der Waals surface area contributed by atoms with Gasteiger partial charge in [0.2, 0.25) is 0 Å². The number of aromatic nitrogens is 2. The maximum Gasteiger partial charge on any atom is 0.251 e. The van der Waals surface area contributed by atoms with E-state index in [2.05, 4.69) is 32.7 Å². The summed E-state index contributed by atoms with van der Waals surface area (Å²) in [5.41, 5.74) is 2.93. The number of amides is 1. The number of ether oxygens (including phenoxy) is 1. The summed E-state index contributed by atoms with van der Waals surface area (Å²) in [6, 6.07) is 9.67. The van der Waals surface area contributed by atoms with Gasteiger partial charge in [-0.15, -0.1) is 5.10 Å². The van der Waals surface area contributed by atoms with Crippen LogP contribution in [0.4, 0.5) is 11.5 Å². The van der Waals surface area contributed by atoms with Crippen LogP contribution in [0.1, 0.15) is 22.8 Å². The molecule has 0 atom stereocenters. The topological polar surface area (TPSA) is 79.4 Å². The summed E-state index contributed by atoms with van der Waals surface area (Å²) in [7, 11) is 0. The van der Waals surface area contributed by atoms with E-state index in [9.17, 15) is 4.79 Å². The number of nitrogens with zero attached hydrogens (tertiary/aromatic N) is 3. The second-order valence-corrected chi connectivity index (χ2v) is 6.13. The van der Waals surface area contributed by atoms with E-state index in [-0.39, 0.29) is 5.91 Å². The van der Waals surface area contributed by atoms with Crippen molar-refractivity contribution < 1.29 is 9.53 Å². The van der Waals surface area contributed by atoms with Gasteiger partial charge in [0, 0.05) is 37.8 Å². The van der Waals surface area contributed by atoms with Gasteiger partial charge in [-0.1, -0.05) is 19.1 Å². The van der Waals surface area contributed by atoms with Crippen LogP contribution in [-0.4, -0.2) is 55.5 Å². The summed E-state index contributed by atoms with van der Waals surface area (Å²) in [6.07, 6.45) is 2.73. The van der Waals surface area contributed by atoms with E-state index in [0.29, 0.717) is 24.5 Å². The third-order valence-electron chi connectivity index (χ3n) is 4.36. The Kier molecular flexibility index (Phi) is 6.38. The molecular weight excluding hydrogens is 330 g/mol. The number of morpholine rings is 1. The molecule has 2 N–H and O–H groups in total. The van der Waals surface area contributed by atoms with Crippen molar-refractivity contribution in [2.75, 3.05) is 49.6 Å². The van der Waals surface area contributed by atoms with Gasteiger partial charge in [0.05, 0.1) is 25.1 Å². The lowest BCUT2D eigenvalue weighted by Crippen LogP contribution is -2.36. The second-order valence-electron chi connectivity index (χ2n) is 6.13. The summed E-state index contributed by atoms with van der Waals surface area (Å²) in [4.78, 5) is 14.4. The molecule has 0 saturated carbocycles. The first-order chi connectivity index (χ1) is 12.8. The Morgan fingerprint density at radius 2 is 1.96 bits per heavy atom. The number of benzene rings is 1. The number of carbonyl (C=O) groups excluding carboxylic acids is 1. The zero-order chi connectivity index (χ0) is 18.2. The van der Waals surface area contributed by atoms with Gasteiger partial charge in [0.1, 0.15) is 0 Å². The fourth-order valence-electron chi connectivity index (χ4n) is 2.80. The minimum Gasteiger partial charge on any atom is -0.378 e. The molecule has 1 fully saturated rings. The molecule has 1 aromatic carbocycles. The molecule has 2 aromatic rings. The molecule has 7 heteroatoms. The number of nitrogens with one attached hydrogen (secondary N) is 2. The van der Waals surface area contributed by atoms with Crippen LogP contribution in [0.5, 0.6) is 0 Å². The number of aryl methyl sites for hydroxylation is 1. The summed E-state index contributed by atoms with van der Waals surface area (Å²) in [6.45, 7) is 6.37. The number of anilines is 2. The van der Waals surface area contributed by atoms with E-state index in [0.717, 1.165) is 38.4 Å². The molecule has 1 aliphatic heterocycles. The van der Waals surface area contributed by atoms with Gasteiger partial charge in [-0.2, -0.15) is 5.10 Å². The molecule has 1 saturated heterocycles. The van der Waals surface area contributed by atoms with Gasteiger partial charge < -0.3 is 20.3 Å². The number of hydrogen-bond donors (Lipinski definition) is 2. The highest BCUT2D eigenvalue weighted by atomic mass is 16.5. The van der Waals surface area contributed by atoms with Crippen LogP contribution < -0.4 is 15.5 Å². The maximum absolute atomic E-state index is 12.1. The van der Waals surface area contributed by atoms with E-state index >= 15 is 0 Å². The maximum atomic E-state index is 12.1. The van der Waals surface area contributed by atoms with Crippen molar-refractivity contribution in [3.63, 3.8) is 0 Å². The van der Waals surface area contributed by atoms with E-state index in [4.69, 9.17) is 4.74 Å². The fourth-order valence-corrected chi connectivity index (χ4v) is 2.80. The average Bonchev–Trinajstić information content (AvgIpc) is 2.72. The minimum atomic E-state index is -0.0670. The first-order valence-electron chi connectivity index (χ1n) is 9.02. The summed E-state index contributed by atoms with van der Waals surface area (Å²) in [5, 5.41) is 14.3. The van der Waals surface area contributed by atoms with E-state index in [1.54, 1.807) is 6.20 Å². The molecule has 1 amide bonds. The van der Waals surface area contributed by atoms with E-state index in [1.165, 1.54) is 5.56 Å². The number of carbonyl (C=O) groups is 1. The predicted molar refractivity (Wildman–Crippen MR) is 102 cm³/mol. The zero-order valence-electron chi connectivity index (χ0n) is 15.1. The monoisotopic (exact) mass is 355 g/mol. The smallest absolute Gasteiger partial charge is 0.251 e. The Hall–Kier alpha value is -2.67. The van der Waals surface area contributed by atoms with Gasteiger partial charge in [-0.3, -0.25) is 4.79 Å². The summed E-state index contributed by atoms with van der Waals surface area (Å²) in [5.74, 6) is 0.637. The Balaban J connectivity index is 1.45. The van der Waals surface area contributed by atoms with Crippen molar-refractivity contribution in [3.05, 3.63) is 47.7 Å². The lowest BCUT2D eigenvalue weighted by molar-refractivity contribution is 0.0955. The predicted octanol–water partition coefficient (Wildman–Crippen LogP) is 1.72. The molecule has 0 spiro atoms. The number of rotatable bonds is 7. The third-order valence-corrected chi connectivity index (χ3v) is 4.36. The fraction of sp³-hybridized carbons (Fsp3) is 0.421. The Morgan fingerprint density at radius 3 is 2.69 bits per heavy atom. The van der Waals surface area contributed by atoms with Crippen LogP contribution >= 0.6 is 0 Å². The average molecular weight is 355 g/mol. The van der Waals surface area contributed by atoms with E-state index in [1.807, 2.05) is 30.3 Å².